The first-order valence-electron chi connectivity index (χ1n) is 4.40. The van der Waals surface area contributed by atoms with Crippen molar-refractivity contribution in [1.29, 1.82) is 0 Å². The van der Waals surface area contributed by atoms with Gasteiger partial charge in [0.05, 0.1) is 11.1 Å². The van der Waals surface area contributed by atoms with Gasteiger partial charge < -0.3 is 4.42 Å². The summed E-state index contributed by atoms with van der Waals surface area (Å²) in [5, 5.41) is 0. The van der Waals surface area contributed by atoms with E-state index in [1.807, 2.05) is 0 Å². The predicted molar refractivity (Wildman–Crippen MR) is 46.8 cm³/mol. The van der Waals surface area contributed by atoms with Gasteiger partial charge in [0.25, 0.3) is 0 Å². The molecule has 9 heteroatoms. The van der Waals surface area contributed by atoms with Gasteiger partial charge in [0.2, 0.25) is 0 Å². The number of halogens is 6. The van der Waals surface area contributed by atoms with E-state index < -0.39 is 40.3 Å². The van der Waals surface area contributed by atoms with Crippen molar-refractivity contribution in [3.8, 4) is 0 Å². The summed E-state index contributed by atoms with van der Waals surface area (Å²) in [7, 11) is 0. The van der Waals surface area contributed by atoms with Crippen LogP contribution in [0.5, 0.6) is 0 Å². The first kappa shape index (κ1) is 12.5. The van der Waals surface area contributed by atoms with E-state index in [1.165, 1.54) is 0 Å². The first-order chi connectivity index (χ1) is 8.09. The highest BCUT2D eigenvalue weighted by molar-refractivity contribution is 5.77. The highest BCUT2D eigenvalue weighted by Crippen LogP contribution is 2.39. The molecule has 0 saturated heterocycles. The monoisotopic (exact) mass is 271 g/mol. The Morgan fingerprint density at radius 3 is 2.11 bits per heavy atom. The van der Waals surface area contributed by atoms with Crippen molar-refractivity contribution in [2.24, 2.45) is 0 Å². The summed E-state index contributed by atoms with van der Waals surface area (Å²) < 4.78 is 79.1. The predicted octanol–water partition coefficient (Wildman–Crippen LogP) is 3.16. The Balaban J connectivity index is 2.85. The molecule has 0 aliphatic heterocycles. The summed E-state index contributed by atoms with van der Waals surface area (Å²) in [6.07, 6.45) is -10.0. The van der Waals surface area contributed by atoms with Gasteiger partial charge in [-0.25, -0.2) is 4.79 Å². The minimum absolute atomic E-state index is 0.0981. The van der Waals surface area contributed by atoms with Crippen molar-refractivity contribution in [2.75, 3.05) is 0 Å². The molecule has 1 aromatic heterocycles. The zero-order chi connectivity index (χ0) is 13.7. The number of aromatic amines is 1. The summed E-state index contributed by atoms with van der Waals surface area (Å²) in [5.41, 5.74) is -4.76. The van der Waals surface area contributed by atoms with Gasteiger partial charge in [-0.05, 0) is 12.1 Å². The number of hydrogen-bond acceptors (Lipinski definition) is 2. The number of alkyl halides is 6. The third kappa shape index (κ3) is 2.07. The summed E-state index contributed by atoms with van der Waals surface area (Å²) >= 11 is 0. The molecule has 0 bridgehead atoms. The van der Waals surface area contributed by atoms with E-state index in [0.717, 1.165) is 0 Å². The van der Waals surface area contributed by atoms with Crippen LogP contribution in [0, 0.1) is 0 Å². The van der Waals surface area contributed by atoms with E-state index in [-0.39, 0.29) is 6.07 Å². The van der Waals surface area contributed by atoms with E-state index in [2.05, 4.69) is 4.42 Å². The Bertz CT molecular complexity index is 648. The summed E-state index contributed by atoms with van der Waals surface area (Å²) in [5.74, 6) is -1.25. The molecular formula is C9H3F6NO2. The molecule has 0 aliphatic carbocycles. The molecule has 2 aromatic rings. The molecule has 0 atom stereocenters. The molecule has 0 saturated carbocycles. The van der Waals surface area contributed by atoms with Crippen LogP contribution in [0.25, 0.3) is 11.1 Å². The highest BCUT2D eigenvalue weighted by Gasteiger charge is 2.39. The molecule has 0 spiro atoms. The minimum atomic E-state index is -5.06. The SMILES string of the molecule is O=c1[nH]c2cc(C(F)(F)F)cc(C(F)(F)F)c2o1. The van der Waals surface area contributed by atoms with Crippen molar-refractivity contribution in [3.05, 3.63) is 33.8 Å². The maximum Gasteiger partial charge on any atom is 0.420 e. The van der Waals surface area contributed by atoms with E-state index in [9.17, 15) is 31.1 Å². The Kier molecular flexibility index (Phi) is 2.46. The van der Waals surface area contributed by atoms with E-state index in [1.54, 1.807) is 4.98 Å². The Labute approximate surface area is 94.0 Å². The molecule has 0 fully saturated rings. The number of oxazole rings is 1. The van der Waals surface area contributed by atoms with Crippen molar-refractivity contribution in [2.45, 2.75) is 12.4 Å². The summed E-state index contributed by atoms with van der Waals surface area (Å²) in [6.45, 7) is 0. The molecule has 3 nitrogen and oxygen atoms in total. The Morgan fingerprint density at radius 2 is 1.61 bits per heavy atom. The molecule has 18 heavy (non-hydrogen) atoms. The van der Waals surface area contributed by atoms with Gasteiger partial charge in [-0.2, -0.15) is 26.3 Å². The van der Waals surface area contributed by atoms with E-state index in [4.69, 9.17) is 0 Å². The molecule has 0 unspecified atom stereocenters. The summed E-state index contributed by atoms with van der Waals surface area (Å²) in [6, 6.07) is 0.286. The maximum absolute atomic E-state index is 12.6. The standard InChI is InChI=1S/C9H3F6NO2/c10-8(11,12)3-1-4(9(13,14)15)6-5(2-3)16-7(17)18-6/h1-2H,(H,16,17). The van der Waals surface area contributed by atoms with Crippen molar-refractivity contribution < 1.29 is 30.8 Å². The molecule has 2 rings (SSSR count). The van der Waals surface area contributed by atoms with Crippen LogP contribution < -0.4 is 5.76 Å². The van der Waals surface area contributed by atoms with Crippen molar-refractivity contribution in [1.82, 2.24) is 4.98 Å². The number of rotatable bonds is 0. The molecule has 1 aromatic carbocycles. The second-order valence-electron chi connectivity index (χ2n) is 3.41. The maximum atomic E-state index is 12.6. The summed E-state index contributed by atoms with van der Waals surface area (Å²) in [4.78, 5) is 12.5. The number of hydrogen-bond donors (Lipinski definition) is 1. The van der Waals surface area contributed by atoms with Crippen molar-refractivity contribution >= 4 is 11.1 Å². The van der Waals surface area contributed by atoms with Crippen LogP contribution in [0.4, 0.5) is 26.3 Å². The lowest BCUT2D eigenvalue weighted by molar-refractivity contribution is -0.142. The van der Waals surface area contributed by atoms with Crippen LogP contribution in [0.3, 0.4) is 0 Å². The van der Waals surface area contributed by atoms with Gasteiger partial charge in [0, 0.05) is 0 Å². The fourth-order valence-corrected chi connectivity index (χ4v) is 1.43. The lowest BCUT2D eigenvalue weighted by atomic mass is 10.1. The van der Waals surface area contributed by atoms with E-state index >= 15 is 0 Å². The van der Waals surface area contributed by atoms with Gasteiger partial charge in [0.15, 0.2) is 5.58 Å². The lowest BCUT2D eigenvalue weighted by Gasteiger charge is -2.11. The van der Waals surface area contributed by atoms with Crippen LogP contribution in [0.15, 0.2) is 21.3 Å². The van der Waals surface area contributed by atoms with Crippen LogP contribution in [-0.4, -0.2) is 4.98 Å². The molecule has 0 amide bonds. The Morgan fingerprint density at radius 1 is 1.00 bits per heavy atom. The van der Waals surface area contributed by atoms with Crippen LogP contribution >= 0.6 is 0 Å². The van der Waals surface area contributed by atoms with Crippen molar-refractivity contribution in [3.63, 3.8) is 0 Å². The number of aromatic nitrogens is 1. The zero-order valence-electron chi connectivity index (χ0n) is 8.24. The second-order valence-corrected chi connectivity index (χ2v) is 3.41. The molecule has 1 N–H and O–H groups in total. The molecule has 98 valence electrons. The van der Waals surface area contributed by atoms with E-state index in [0.29, 0.717) is 6.07 Å². The van der Waals surface area contributed by atoms with Gasteiger partial charge >= 0.3 is 18.1 Å². The fraction of sp³-hybridized carbons (Fsp3) is 0.222. The largest absolute Gasteiger partial charge is 0.420 e. The van der Waals surface area contributed by atoms with Gasteiger partial charge in [0.1, 0.15) is 5.56 Å². The number of benzene rings is 1. The quantitative estimate of drug-likeness (QED) is 0.748. The average molecular weight is 271 g/mol. The second kappa shape index (κ2) is 3.53. The molecule has 1 heterocycles. The normalized spacial score (nSPS) is 13.2. The topological polar surface area (TPSA) is 46.0 Å². The number of H-pyrrole nitrogens is 1. The average Bonchev–Trinajstić information content (AvgIpc) is 2.52. The van der Waals surface area contributed by atoms with Crippen LogP contribution in [0.1, 0.15) is 11.1 Å². The van der Waals surface area contributed by atoms with Crippen LogP contribution in [-0.2, 0) is 12.4 Å². The molecule has 0 radical (unpaired) electrons. The fourth-order valence-electron chi connectivity index (χ4n) is 1.43. The number of fused-ring (bicyclic) bond motifs is 1. The Hall–Kier alpha value is -1.93. The molecular weight excluding hydrogens is 268 g/mol. The number of nitrogens with one attached hydrogen (secondary N) is 1. The molecule has 0 aliphatic rings. The van der Waals surface area contributed by atoms with Gasteiger partial charge in [-0.3, -0.25) is 4.98 Å². The van der Waals surface area contributed by atoms with Crippen LogP contribution in [0.2, 0.25) is 0 Å². The zero-order valence-corrected chi connectivity index (χ0v) is 8.24. The third-order valence-electron chi connectivity index (χ3n) is 2.15. The smallest absolute Gasteiger partial charge is 0.407 e. The van der Waals surface area contributed by atoms with Gasteiger partial charge in [-0.1, -0.05) is 0 Å². The van der Waals surface area contributed by atoms with Gasteiger partial charge in [-0.15, -0.1) is 0 Å². The minimum Gasteiger partial charge on any atom is -0.407 e. The highest BCUT2D eigenvalue weighted by atomic mass is 19.4. The lowest BCUT2D eigenvalue weighted by Crippen LogP contribution is -2.10. The first-order valence-corrected chi connectivity index (χ1v) is 4.40. The third-order valence-corrected chi connectivity index (χ3v) is 2.15.